The van der Waals surface area contributed by atoms with Crippen LogP contribution in [0.25, 0.3) is 0 Å². The van der Waals surface area contributed by atoms with Crippen LogP contribution in [0.2, 0.25) is 0 Å². The SMILES string of the molecule is CCCNC(=O)C1(NCCN)CCCCC1. The molecule has 0 aromatic carbocycles. The van der Waals surface area contributed by atoms with Gasteiger partial charge in [-0.1, -0.05) is 26.2 Å². The van der Waals surface area contributed by atoms with Gasteiger partial charge in [-0.05, 0) is 19.3 Å². The van der Waals surface area contributed by atoms with Gasteiger partial charge in [0, 0.05) is 19.6 Å². The zero-order valence-electron chi connectivity index (χ0n) is 10.3. The smallest absolute Gasteiger partial charge is 0.240 e. The minimum Gasteiger partial charge on any atom is -0.355 e. The maximum absolute atomic E-state index is 12.2. The normalized spacial score (nSPS) is 19.4. The van der Waals surface area contributed by atoms with Gasteiger partial charge in [0.2, 0.25) is 5.91 Å². The number of amides is 1. The minimum absolute atomic E-state index is 0.169. The highest BCUT2D eigenvalue weighted by molar-refractivity contribution is 5.86. The summed E-state index contributed by atoms with van der Waals surface area (Å²) in [4.78, 5) is 12.2. The van der Waals surface area contributed by atoms with Gasteiger partial charge in [0.25, 0.3) is 0 Å². The van der Waals surface area contributed by atoms with Gasteiger partial charge in [0.1, 0.15) is 0 Å². The van der Waals surface area contributed by atoms with Crippen molar-refractivity contribution in [2.45, 2.75) is 51.0 Å². The summed E-state index contributed by atoms with van der Waals surface area (Å²) in [5.74, 6) is 0.169. The average Bonchev–Trinajstić information content (AvgIpc) is 2.34. The Morgan fingerprint density at radius 2 is 1.94 bits per heavy atom. The van der Waals surface area contributed by atoms with E-state index in [4.69, 9.17) is 5.73 Å². The molecule has 0 saturated heterocycles. The molecule has 1 fully saturated rings. The summed E-state index contributed by atoms with van der Waals surface area (Å²) in [6, 6.07) is 0. The molecule has 0 atom stereocenters. The number of nitrogens with two attached hydrogens (primary N) is 1. The van der Waals surface area contributed by atoms with Gasteiger partial charge in [-0.15, -0.1) is 0 Å². The number of carbonyl (C=O) groups is 1. The fraction of sp³-hybridized carbons (Fsp3) is 0.917. The Hall–Kier alpha value is -0.610. The Balaban J connectivity index is 2.57. The fourth-order valence-corrected chi connectivity index (χ4v) is 2.36. The van der Waals surface area contributed by atoms with Crippen molar-refractivity contribution in [3.8, 4) is 0 Å². The third kappa shape index (κ3) is 3.46. The first-order chi connectivity index (χ1) is 7.75. The van der Waals surface area contributed by atoms with E-state index in [0.29, 0.717) is 6.54 Å². The van der Waals surface area contributed by atoms with E-state index < -0.39 is 0 Å². The summed E-state index contributed by atoms with van der Waals surface area (Å²) >= 11 is 0. The van der Waals surface area contributed by atoms with Crippen molar-refractivity contribution in [3.63, 3.8) is 0 Å². The zero-order chi connectivity index (χ0) is 11.9. The first-order valence-corrected chi connectivity index (χ1v) is 6.48. The lowest BCUT2D eigenvalue weighted by Gasteiger charge is -2.36. The number of carbonyl (C=O) groups excluding carboxylic acids is 1. The molecule has 4 N–H and O–H groups in total. The summed E-state index contributed by atoms with van der Waals surface area (Å²) in [7, 11) is 0. The van der Waals surface area contributed by atoms with E-state index in [-0.39, 0.29) is 11.4 Å². The quantitative estimate of drug-likeness (QED) is 0.627. The minimum atomic E-state index is -0.340. The molecule has 4 heteroatoms. The molecule has 94 valence electrons. The molecule has 0 unspecified atom stereocenters. The van der Waals surface area contributed by atoms with Crippen LogP contribution >= 0.6 is 0 Å². The summed E-state index contributed by atoms with van der Waals surface area (Å²) in [5, 5.41) is 6.37. The third-order valence-electron chi connectivity index (χ3n) is 3.29. The van der Waals surface area contributed by atoms with Gasteiger partial charge >= 0.3 is 0 Å². The van der Waals surface area contributed by atoms with Crippen LogP contribution in [0.1, 0.15) is 45.4 Å². The van der Waals surface area contributed by atoms with Gasteiger partial charge in [0.05, 0.1) is 5.54 Å². The van der Waals surface area contributed by atoms with Gasteiger partial charge in [-0.25, -0.2) is 0 Å². The van der Waals surface area contributed by atoms with Crippen molar-refractivity contribution in [3.05, 3.63) is 0 Å². The van der Waals surface area contributed by atoms with Crippen LogP contribution in [0, 0.1) is 0 Å². The largest absolute Gasteiger partial charge is 0.355 e. The van der Waals surface area contributed by atoms with Crippen molar-refractivity contribution in [2.75, 3.05) is 19.6 Å². The molecule has 1 amide bonds. The zero-order valence-corrected chi connectivity index (χ0v) is 10.3. The highest BCUT2D eigenvalue weighted by Crippen LogP contribution is 2.28. The number of rotatable bonds is 6. The van der Waals surface area contributed by atoms with Gasteiger partial charge in [-0.2, -0.15) is 0 Å². The first kappa shape index (κ1) is 13.5. The Morgan fingerprint density at radius 3 is 2.50 bits per heavy atom. The van der Waals surface area contributed by atoms with E-state index in [0.717, 1.165) is 45.2 Å². The number of hydrogen-bond donors (Lipinski definition) is 3. The fourth-order valence-electron chi connectivity index (χ4n) is 2.36. The highest BCUT2D eigenvalue weighted by Gasteiger charge is 2.38. The highest BCUT2D eigenvalue weighted by atomic mass is 16.2. The van der Waals surface area contributed by atoms with Crippen LogP contribution < -0.4 is 16.4 Å². The second-order valence-corrected chi connectivity index (χ2v) is 4.61. The van der Waals surface area contributed by atoms with E-state index >= 15 is 0 Å². The molecule has 0 bridgehead atoms. The summed E-state index contributed by atoms with van der Waals surface area (Å²) in [6.45, 7) is 4.15. The monoisotopic (exact) mass is 227 g/mol. The Morgan fingerprint density at radius 1 is 1.25 bits per heavy atom. The van der Waals surface area contributed by atoms with Crippen molar-refractivity contribution >= 4 is 5.91 Å². The molecule has 0 aliphatic heterocycles. The first-order valence-electron chi connectivity index (χ1n) is 6.48. The van der Waals surface area contributed by atoms with E-state index in [1.165, 1.54) is 6.42 Å². The molecular weight excluding hydrogens is 202 g/mol. The molecule has 0 aromatic rings. The Labute approximate surface area is 98.3 Å². The lowest BCUT2D eigenvalue weighted by atomic mass is 9.80. The van der Waals surface area contributed by atoms with Gasteiger partial charge in [-0.3, -0.25) is 4.79 Å². The van der Waals surface area contributed by atoms with E-state index in [2.05, 4.69) is 17.6 Å². The van der Waals surface area contributed by atoms with Crippen LogP contribution in [0.3, 0.4) is 0 Å². The van der Waals surface area contributed by atoms with E-state index in [1.54, 1.807) is 0 Å². The molecule has 1 saturated carbocycles. The molecule has 4 nitrogen and oxygen atoms in total. The molecule has 0 heterocycles. The van der Waals surface area contributed by atoms with Crippen LogP contribution in [0.4, 0.5) is 0 Å². The predicted molar refractivity (Wildman–Crippen MR) is 66.2 cm³/mol. The van der Waals surface area contributed by atoms with Gasteiger partial charge in [0.15, 0.2) is 0 Å². The molecule has 1 rings (SSSR count). The lowest BCUT2D eigenvalue weighted by molar-refractivity contribution is -0.129. The van der Waals surface area contributed by atoms with Crippen molar-refractivity contribution in [1.29, 1.82) is 0 Å². The maximum Gasteiger partial charge on any atom is 0.240 e. The van der Waals surface area contributed by atoms with Gasteiger partial charge < -0.3 is 16.4 Å². The number of hydrogen-bond acceptors (Lipinski definition) is 3. The third-order valence-corrected chi connectivity index (χ3v) is 3.29. The van der Waals surface area contributed by atoms with Crippen molar-refractivity contribution in [2.24, 2.45) is 5.73 Å². The average molecular weight is 227 g/mol. The maximum atomic E-state index is 12.2. The second kappa shape index (κ2) is 6.86. The molecule has 0 aromatic heterocycles. The molecule has 0 radical (unpaired) electrons. The van der Waals surface area contributed by atoms with E-state index in [9.17, 15) is 4.79 Å². The van der Waals surface area contributed by atoms with Crippen LogP contribution in [-0.4, -0.2) is 31.1 Å². The molecule has 1 aliphatic rings. The second-order valence-electron chi connectivity index (χ2n) is 4.61. The standard InChI is InChI=1S/C12H25N3O/c1-2-9-14-11(16)12(15-10-8-13)6-4-3-5-7-12/h15H,2-10,13H2,1H3,(H,14,16). The predicted octanol–water partition coefficient (Wildman–Crippen LogP) is 0.764. The van der Waals surface area contributed by atoms with Crippen LogP contribution in [-0.2, 0) is 4.79 Å². The summed E-state index contributed by atoms with van der Waals surface area (Å²) in [6.07, 6.45) is 6.39. The molecule has 1 aliphatic carbocycles. The summed E-state index contributed by atoms with van der Waals surface area (Å²) in [5.41, 5.74) is 5.17. The Kier molecular flexibility index (Phi) is 5.77. The molecular formula is C12H25N3O. The topological polar surface area (TPSA) is 67.2 Å². The Bertz CT molecular complexity index is 212. The lowest BCUT2D eigenvalue weighted by Crippen LogP contribution is -2.59. The van der Waals surface area contributed by atoms with E-state index in [1.807, 2.05) is 0 Å². The van der Waals surface area contributed by atoms with Crippen LogP contribution in [0.15, 0.2) is 0 Å². The summed E-state index contributed by atoms with van der Waals surface area (Å²) < 4.78 is 0. The molecule has 16 heavy (non-hydrogen) atoms. The van der Waals surface area contributed by atoms with Crippen molar-refractivity contribution in [1.82, 2.24) is 10.6 Å². The van der Waals surface area contributed by atoms with Crippen molar-refractivity contribution < 1.29 is 4.79 Å². The number of nitrogens with one attached hydrogen (secondary N) is 2. The molecule has 0 spiro atoms. The van der Waals surface area contributed by atoms with Crippen LogP contribution in [0.5, 0.6) is 0 Å².